The molecule has 128 valence electrons. The van der Waals surface area contributed by atoms with Crippen LogP contribution in [-0.2, 0) is 0 Å². The monoisotopic (exact) mass is 335 g/mol. The fraction of sp³-hybridized carbons (Fsp3) is 0.190. The summed E-state index contributed by atoms with van der Waals surface area (Å²) in [5.74, 6) is 1.01. The highest BCUT2D eigenvalue weighted by molar-refractivity contribution is 6.15. The molecule has 0 aliphatic carbocycles. The minimum absolute atomic E-state index is 0.215. The predicted molar refractivity (Wildman–Crippen MR) is 101 cm³/mol. The van der Waals surface area contributed by atoms with Crippen molar-refractivity contribution in [2.75, 3.05) is 18.5 Å². The summed E-state index contributed by atoms with van der Waals surface area (Å²) < 4.78 is 11.3. The number of hydrogen-bond acceptors (Lipinski definition) is 3. The van der Waals surface area contributed by atoms with E-state index in [0.717, 1.165) is 10.8 Å². The van der Waals surface area contributed by atoms with Crippen LogP contribution >= 0.6 is 0 Å². The van der Waals surface area contributed by atoms with Crippen LogP contribution in [0.2, 0.25) is 0 Å². The third-order valence-electron chi connectivity index (χ3n) is 3.85. The van der Waals surface area contributed by atoms with Gasteiger partial charge in [0.05, 0.1) is 24.5 Å². The van der Waals surface area contributed by atoms with Gasteiger partial charge in [0.25, 0.3) is 5.91 Å². The number of para-hydroxylation sites is 2. The number of anilines is 1. The highest BCUT2D eigenvalue weighted by Crippen LogP contribution is 2.31. The zero-order valence-corrected chi connectivity index (χ0v) is 14.4. The van der Waals surface area contributed by atoms with Gasteiger partial charge in [-0.3, -0.25) is 4.79 Å². The molecule has 0 saturated carbocycles. The average Bonchev–Trinajstić information content (AvgIpc) is 2.63. The lowest BCUT2D eigenvalue weighted by atomic mass is 10.0. The molecule has 25 heavy (non-hydrogen) atoms. The summed E-state index contributed by atoms with van der Waals surface area (Å²) >= 11 is 0. The topological polar surface area (TPSA) is 47.6 Å². The van der Waals surface area contributed by atoms with Crippen molar-refractivity contribution in [1.82, 2.24) is 0 Å². The molecule has 0 aliphatic heterocycles. The fourth-order valence-electron chi connectivity index (χ4n) is 2.80. The summed E-state index contributed by atoms with van der Waals surface area (Å²) in [4.78, 5) is 13.0. The second-order valence-electron chi connectivity index (χ2n) is 5.48. The quantitative estimate of drug-likeness (QED) is 0.698. The molecule has 0 unspecified atom stereocenters. The predicted octanol–water partition coefficient (Wildman–Crippen LogP) is 4.89. The van der Waals surface area contributed by atoms with Crippen LogP contribution in [0.5, 0.6) is 11.5 Å². The van der Waals surface area contributed by atoms with Crippen molar-refractivity contribution in [1.29, 1.82) is 0 Å². The molecule has 3 aromatic carbocycles. The summed E-state index contributed by atoms with van der Waals surface area (Å²) in [7, 11) is 0. The van der Waals surface area contributed by atoms with Crippen LogP contribution in [0.3, 0.4) is 0 Å². The van der Waals surface area contributed by atoms with Crippen LogP contribution in [0, 0.1) is 0 Å². The van der Waals surface area contributed by atoms with Crippen LogP contribution in [0.1, 0.15) is 24.2 Å². The molecule has 0 fully saturated rings. The minimum Gasteiger partial charge on any atom is -0.493 e. The van der Waals surface area contributed by atoms with Crippen molar-refractivity contribution in [2.24, 2.45) is 0 Å². The molecule has 0 atom stereocenters. The van der Waals surface area contributed by atoms with Crippen LogP contribution < -0.4 is 14.8 Å². The number of benzene rings is 3. The Hall–Kier alpha value is -3.01. The number of ether oxygens (including phenoxy) is 2. The average molecular weight is 335 g/mol. The van der Waals surface area contributed by atoms with E-state index in [1.807, 2.05) is 74.5 Å². The first-order chi connectivity index (χ1) is 12.2. The van der Waals surface area contributed by atoms with E-state index >= 15 is 0 Å². The molecule has 0 bridgehead atoms. The summed E-state index contributed by atoms with van der Waals surface area (Å²) in [6, 6.07) is 19.0. The Morgan fingerprint density at radius 3 is 2.32 bits per heavy atom. The Kier molecular flexibility index (Phi) is 5.19. The van der Waals surface area contributed by atoms with Crippen molar-refractivity contribution < 1.29 is 14.3 Å². The molecule has 4 heteroatoms. The standard InChI is InChI=1S/C21H21NO3/c1-3-24-18-12-8-7-11-17(18)22-21(23)20-16-10-6-5-9-15(16)13-14-19(20)25-4-2/h5-14H,3-4H2,1-2H3,(H,22,23). The third-order valence-corrected chi connectivity index (χ3v) is 3.85. The Morgan fingerprint density at radius 2 is 1.52 bits per heavy atom. The van der Waals surface area contributed by atoms with E-state index < -0.39 is 0 Å². The van der Waals surface area contributed by atoms with Gasteiger partial charge in [-0.15, -0.1) is 0 Å². The Labute approximate surface area is 147 Å². The van der Waals surface area contributed by atoms with Gasteiger partial charge in [-0.2, -0.15) is 0 Å². The molecule has 0 saturated heterocycles. The Morgan fingerprint density at radius 1 is 0.840 bits per heavy atom. The highest BCUT2D eigenvalue weighted by Gasteiger charge is 2.18. The molecule has 1 amide bonds. The van der Waals surface area contributed by atoms with Crippen molar-refractivity contribution in [3.05, 3.63) is 66.2 Å². The highest BCUT2D eigenvalue weighted by atomic mass is 16.5. The maximum absolute atomic E-state index is 13.0. The Bertz CT molecular complexity index is 889. The second-order valence-corrected chi connectivity index (χ2v) is 5.48. The maximum Gasteiger partial charge on any atom is 0.260 e. The lowest BCUT2D eigenvalue weighted by Crippen LogP contribution is -2.15. The van der Waals surface area contributed by atoms with E-state index in [0.29, 0.717) is 36.0 Å². The number of rotatable bonds is 6. The van der Waals surface area contributed by atoms with Crippen molar-refractivity contribution in [3.8, 4) is 11.5 Å². The first-order valence-corrected chi connectivity index (χ1v) is 8.42. The van der Waals surface area contributed by atoms with Crippen LogP contribution in [0.4, 0.5) is 5.69 Å². The number of fused-ring (bicyclic) bond motifs is 1. The molecule has 0 radical (unpaired) electrons. The van der Waals surface area contributed by atoms with Crippen molar-refractivity contribution in [2.45, 2.75) is 13.8 Å². The van der Waals surface area contributed by atoms with E-state index in [4.69, 9.17) is 9.47 Å². The maximum atomic E-state index is 13.0. The molecular formula is C21H21NO3. The minimum atomic E-state index is -0.215. The van der Waals surface area contributed by atoms with Gasteiger partial charge in [0, 0.05) is 0 Å². The third kappa shape index (κ3) is 3.58. The van der Waals surface area contributed by atoms with Crippen molar-refractivity contribution >= 4 is 22.4 Å². The normalized spacial score (nSPS) is 10.5. The molecule has 1 N–H and O–H groups in total. The lowest BCUT2D eigenvalue weighted by molar-refractivity contribution is 0.102. The van der Waals surface area contributed by atoms with Crippen LogP contribution in [0.25, 0.3) is 10.8 Å². The largest absolute Gasteiger partial charge is 0.493 e. The fourth-order valence-corrected chi connectivity index (χ4v) is 2.80. The summed E-state index contributed by atoms with van der Waals surface area (Å²) in [5.41, 5.74) is 1.18. The zero-order chi connectivity index (χ0) is 17.6. The van der Waals surface area contributed by atoms with Crippen molar-refractivity contribution in [3.63, 3.8) is 0 Å². The molecule has 0 spiro atoms. The lowest BCUT2D eigenvalue weighted by Gasteiger charge is -2.15. The molecule has 3 rings (SSSR count). The van der Waals surface area contributed by atoms with Gasteiger partial charge in [0.2, 0.25) is 0 Å². The number of carbonyl (C=O) groups is 1. The van der Waals surface area contributed by atoms with Gasteiger partial charge < -0.3 is 14.8 Å². The van der Waals surface area contributed by atoms with Gasteiger partial charge in [-0.05, 0) is 42.8 Å². The smallest absolute Gasteiger partial charge is 0.260 e. The van der Waals surface area contributed by atoms with Gasteiger partial charge in [-0.1, -0.05) is 42.5 Å². The summed E-state index contributed by atoms with van der Waals surface area (Å²) in [6.45, 7) is 4.84. The molecule has 4 nitrogen and oxygen atoms in total. The molecule has 0 aliphatic rings. The molecule has 3 aromatic rings. The molecular weight excluding hydrogens is 314 g/mol. The molecule has 0 aromatic heterocycles. The van der Waals surface area contributed by atoms with Gasteiger partial charge in [-0.25, -0.2) is 0 Å². The zero-order valence-electron chi connectivity index (χ0n) is 14.4. The van der Waals surface area contributed by atoms with Crippen LogP contribution in [0.15, 0.2) is 60.7 Å². The second kappa shape index (κ2) is 7.71. The number of nitrogens with one attached hydrogen (secondary N) is 1. The first-order valence-electron chi connectivity index (χ1n) is 8.42. The van der Waals surface area contributed by atoms with E-state index in [1.165, 1.54) is 0 Å². The summed E-state index contributed by atoms with van der Waals surface area (Å²) in [5, 5.41) is 4.81. The van der Waals surface area contributed by atoms with Crippen LogP contribution in [-0.4, -0.2) is 19.1 Å². The van der Waals surface area contributed by atoms with Gasteiger partial charge >= 0.3 is 0 Å². The van der Waals surface area contributed by atoms with Gasteiger partial charge in [0.15, 0.2) is 0 Å². The van der Waals surface area contributed by atoms with E-state index in [2.05, 4.69) is 5.32 Å². The number of carbonyl (C=O) groups excluding carboxylic acids is 1. The van der Waals surface area contributed by atoms with Gasteiger partial charge in [0.1, 0.15) is 11.5 Å². The SMILES string of the molecule is CCOc1ccccc1NC(=O)c1c(OCC)ccc2ccccc12. The molecule has 0 heterocycles. The Balaban J connectivity index is 2.03. The van der Waals surface area contributed by atoms with E-state index in [-0.39, 0.29) is 5.91 Å². The number of hydrogen-bond donors (Lipinski definition) is 1. The van der Waals surface area contributed by atoms with E-state index in [9.17, 15) is 4.79 Å². The first kappa shape index (κ1) is 16.8. The summed E-state index contributed by atoms with van der Waals surface area (Å²) in [6.07, 6.45) is 0. The van der Waals surface area contributed by atoms with E-state index in [1.54, 1.807) is 0 Å². The number of amides is 1.